The van der Waals surface area contributed by atoms with Crippen LogP contribution in [0.25, 0.3) is 0 Å². The van der Waals surface area contributed by atoms with E-state index in [2.05, 4.69) is 0 Å². The number of rotatable bonds is 5. The Balaban J connectivity index is 2.60. The van der Waals surface area contributed by atoms with Crippen molar-refractivity contribution in [3.05, 3.63) is 0 Å². The minimum absolute atomic E-state index is 0.0657. The van der Waals surface area contributed by atoms with E-state index >= 15 is 0 Å². The fourth-order valence-electron chi connectivity index (χ4n) is 2.18. The van der Waals surface area contributed by atoms with Crippen molar-refractivity contribution in [1.82, 2.24) is 9.80 Å². The Morgan fingerprint density at radius 2 is 2.22 bits per heavy atom. The molecule has 0 spiro atoms. The molecule has 1 heterocycles. The number of amides is 2. The largest absolute Gasteiger partial charge is 0.480 e. The number of methoxy groups -OCH3 is 1. The predicted molar refractivity (Wildman–Crippen MR) is 66.5 cm³/mol. The monoisotopic (exact) mass is 258 g/mol. The lowest BCUT2D eigenvalue weighted by Crippen LogP contribution is -2.50. The number of urea groups is 1. The van der Waals surface area contributed by atoms with Gasteiger partial charge in [-0.15, -0.1) is 0 Å². The van der Waals surface area contributed by atoms with Gasteiger partial charge in [0.25, 0.3) is 0 Å². The number of ether oxygens (including phenoxy) is 1. The van der Waals surface area contributed by atoms with E-state index in [0.29, 0.717) is 19.6 Å². The van der Waals surface area contributed by atoms with E-state index in [4.69, 9.17) is 9.84 Å². The van der Waals surface area contributed by atoms with E-state index in [1.54, 1.807) is 12.0 Å². The molecular weight excluding hydrogens is 236 g/mol. The number of hydrogen-bond donors (Lipinski definition) is 1. The molecule has 1 rings (SSSR count). The van der Waals surface area contributed by atoms with Crippen molar-refractivity contribution >= 4 is 12.0 Å². The average Bonchev–Trinajstić information content (AvgIpc) is 2.37. The average molecular weight is 258 g/mol. The second-order valence-corrected chi connectivity index (χ2v) is 4.54. The molecule has 0 radical (unpaired) electrons. The maximum absolute atomic E-state index is 12.2. The fourth-order valence-corrected chi connectivity index (χ4v) is 2.18. The molecule has 1 saturated heterocycles. The SMILES string of the molecule is CCCN(CC(=O)O)C(=O)N1CCCC(OC)C1. The van der Waals surface area contributed by atoms with Crippen LogP contribution in [-0.2, 0) is 9.53 Å². The summed E-state index contributed by atoms with van der Waals surface area (Å²) in [6.07, 6.45) is 2.67. The molecule has 1 unspecified atom stereocenters. The zero-order valence-electron chi connectivity index (χ0n) is 11.1. The Morgan fingerprint density at radius 3 is 2.78 bits per heavy atom. The number of nitrogens with zero attached hydrogens (tertiary/aromatic N) is 2. The van der Waals surface area contributed by atoms with Crippen LogP contribution in [0.1, 0.15) is 26.2 Å². The molecule has 1 aliphatic heterocycles. The molecule has 0 aromatic heterocycles. The van der Waals surface area contributed by atoms with Gasteiger partial charge >= 0.3 is 12.0 Å². The van der Waals surface area contributed by atoms with E-state index in [1.807, 2.05) is 6.92 Å². The minimum Gasteiger partial charge on any atom is -0.480 e. The Labute approximate surface area is 107 Å². The summed E-state index contributed by atoms with van der Waals surface area (Å²) < 4.78 is 5.26. The summed E-state index contributed by atoms with van der Waals surface area (Å²) in [4.78, 5) is 26.1. The number of piperidine rings is 1. The highest BCUT2D eigenvalue weighted by Crippen LogP contribution is 2.14. The second kappa shape index (κ2) is 7.20. The van der Waals surface area contributed by atoms with Gasteiger partial charge in [0.05, 0.1) is 6.10 Å². The van der Waals surface area contributed by atoms with Crippen molar-refractivity contribution in [2.24, 2.45) is 0 Å². The molecule has 18 heavy (non-hydrogen) atoms. The van der Waals surface area contributed by atoms with Gasteiger partial charge < -0.3 is 19.6 Å². The molecule has 0 saturated carbocycles. The topological polar surface area (TPSA) is 70.1 Å². The first-order chi connectivity index (χ1) is 8.58. The third-order valence-electron chi connectivity index (χ3n) is 3.07. The third kappa shape index (κ3) is 4.18. The first-order valence-electron chi connectivity index (χ1n) is 6.37. The third-order valence-corrected chi connectivity index (χ3v) is 3.07. The molecule has 1 fully saturated rings. The molecule has 6 heteroatoms. The number of carboxylic acids is 1. The highest BCUT2D eigenvalue weighted by atomic mass is 16.5. The van der Waals surface area contributed by atoms with Gasteiger partial charge in [0.15, 0.2) is 0 Å². The molecule has 104 valence electrons. The van der Waals surface area contributed by atoms with Crippen molar-refractivity contribution < 1.29 is 19.4 Å². The van der Waals surface area contributed by atoms with Crippen molar-refractivity contribution in [1.29, 1.82) is 0 Å². The first kappa shape index (κ1) is 14.8. The van der Waals surface area contributed by atoms with E-state index in [0.717, 1.165) is 19.3 Å². The predicted octanol–water partition coefficient (Wildman–Crippen LogP) is 1.01. The van der Waals surface area contributed by atoms with E-state index in [-0.39, 0.29) is 18.7 Å². The quantitative estimate of drug-likeness (QED) is 0.799. The number of carboxylic acid groups (broad SMARTS) is 1. The van der Waals surface area contributed by atoms with Crippen LogP contribution in [0.5, 0.6) is 0 Å². The van der Waals surface area contributed by atoms with Gasteiger partial charge in [-0.25, -0.2) is 4.79 Å². The van der Waals surface area contributed by atoms with Crippen LogP contribution in [0, 0.1) is 0 Å². The Kier molecular flexibility index (Phi) is 5.91. The first-order valence-corrected chi connectivity index (χ1v) is 6.37. The van der Waals surface area contributed by atoms with E-state index < -0.39 is 5.97 Å². The smallest absolute Gasteiger partial charge is 0.323 e. The summed E-state index contributed by atoms with van der Waals surface area (Å²) in [7, 11) is 1.64. The van der Waals surface area contributed by atoms with E-state index in [9.17, 15) is 9.59 Å². The molecule has 1 aliphatic rings. The summed E-state index contributed by atoms with van der Waals surface area (Å²) in [6.45, 7) is 3.39. The summed E-state index contributed by atoms with van der Waals surface area (Å²) >= 11 is 0. The molecule has 2 amide bonds. The normalized spacial score (nSPS) is 19.7. The minimum atomic E-state index is -0.975. The number of aliphatic carboxylic acids is 1. The summed E-state index contributed by atoms with van der Waals surface area (Å²) in [6, 6.07) is -0.194. The fraction of sp³-hybridized carbons (Fsp3) is 0.833. The van der Waals surface area contributed by atoms with Crippen LogP contribution in [0.3, 0.4) is 0 Å². The van der Waals surface area contributed by atoms with Crippen molar-refractivity contribution in [2.75, 3.05) is 33.3 Å². The van der Waals surface area contributed by atoms with Gasteiger partial charge in [-0.3, -0.25) is 4.79 Å². The number of hydrogen-bond acceptors (Lipinski definition) is 3. The maximum Gasteiger partial charge on any atom is 0.323 e. The summed E-state index contributed by atoms with van der Waals surface area (Å²) in [5.41, 5.74) is 0. The lowest BCUT2D eigenvalue weighted by molar-refractivity contribution is -0.137. The van der Waals surface area contributed by atoms with Gasteiger partial charge in [-0.1, -0.05) is 6.92 Å². The van der Waals surface area contributed by atoms with Gasteiger partial charge in [-0.2, -0.15) is 0 Å². The Bertz CT molecular complexity index is 296. The van der Waals surface area contributed by atoms with Crippen molar-refractivity contribution in [3.63, 3.8) is 0 Å². The van der Waals surface area contributed by atoms with Gasteiger partial charge in [0, 0.05) is 26.7 Å². The van der Waals surface area contributed by atoms with Crippen molar-refractivity contribution in [3.8, 4) is 0 Å². The molecule has 0 aliphatic carbocycles. The highest BCUT2D eigenvalue weighted by molar-refractivity contribution is 5.80. The Morgan fingerprint density at radius 1 is 1.50 bits per heavy atom. The zero-order valence-corrected chi connectivity index (χ0v) is 11.1. The molecule has 6 nitrogen and oxygen atoms in total. The molecule has 0 aromatic carbocycles. The van der Waals surface area contributed by atoms with Crippen LogP contribution in [0.15, 0.2) is 0 Å². The van der Waals surface area contributed by atoms with Gasteiger partial charge in [-0.05, 0) is 19.3 Å². The molecule has 1 atom stereocenters. The van der Waals surface area contributed by atoms with Crippen molar-refractivity contribution in [2.45, 2.75) is 32.3 Å². The standard InChI is InChI=1S/C12H22N2O4/c1-3-6-13(9-11(15)16)12(17)14-7-4-5-10(8-14)18-2/h10H,3-9H2,1-2H3,(H,15,16). The van der Waals surface area contributed by atoms with Gasteiger partial charge in [0.2, 0.25) is 0 Å². The second-order valence-electron chi connectivity index (χ2n) is 4.54. The van der Waals surface area contributed by atoms with E-state index in [1.165, 1.54) is 4.90 Å². The maximum atomic E-state index is 12.2. The van der Waals surface area contributed by atoms with Crippen LogP contribution in [0.2, 0.25) is 0 Å². The Hall–Kier alpha value is -1.30. The van der Waals surface area contributed by atoms with Crippen LogP contribution in [0.4, 0.5) is 4.79 Å². The van der Waals surface area contributed by atoms with Crippen LogP contribution in [-0.4, -0.2) is 66.3 Å². The molecular formula is C12H22N2O4. The molecule has 1 N–H and O–H groups in total. The number of likely N-dealkylation sites (tertiary alicyclic amines) is 1. The molecule has 0 bridgehead atoms. The zero-order chi connectivity index (χ0) is 13.5. The highest BCUT2D eigenvalue weighted by Gasteiger charge is 2.27. The van der Waals surface area contributed by atoms with Crippen LogP contribution >= 0.6 is 0 Å². The number of carbonyl (C=O) groups is 2. The summed E-state index contributed by atoms with van der Waals surface area (Å²) in [5, 5.41) is 8.82. The summed E-state index contributed by atoms with van der Waals surface area (Å²) in [5.74, 6) is -0.975. The van der Waals surface area contributed by atoms with Gasteiger partial charge in [0.1, 0.15) is 6.54 Å². The lowest BCUT2D eigenvalue weighted by atomic mass is 10.1. The van der Waals surface area contributed by atoms with Crippen LogP contribution < -0.4 is 0 Å². The number of carbonyl (C=O) groups excluding carboxylic acids is 1. The molecule has 0 aromatic rings. The lowest BCUT2D eigenvalue weighted by Gasteiger charge is -2.35.